The molecule has 3 aromatic carbocycles. The van der Waals surface area contributed by atoms with Gasteiger partial charge in [0, 0.05) is 24.2 Å². The van der Waals surface area contributed by atoms with Crippen LogP contribution in [-0.4, -0.2) is 36.0 Å². The van der Waals surface area contributed by atoms with Gasteiger partial charge in [-0.25, -0.2) is 0 Å². The number of allylic oxidation sites excluding steroid dienone is 1. The molecule has 3 aromatic rings. The van der Waals surface area contributed by atoms with Crippen molar-refractivity contribution in [3.63, 3.8) is 0 Å². The van der Waals surface area contributed by atoms with Gasteiger partial charge in [-0.05, 0) is 117 Å². The number of rotatable bonds is 9. The molecule has 1 amide bonds. The van der Waals surface area contributed by atoms with Crippen LogP contribution < -0.4 is 10.6 Å². The van der Waals surface area contributed by atoms with Crippen molar-refractivity contribution in [2.24, 2.45) is 0 Å². The summed E-state index contributed by atoms with van der Waals surface area (Å²) in [5.74, 6) is 0.742. The van der Waals surface area contributed by atoms with Gasteiger partial charge in [0.15, 0.2) is 0 Å². The summed E-state index contributed by atoms with van der Waals surface area (Å²) in [7, 11) is 0. The largest absolute Gasteiger partial charge is 0.351 e. The van der Waals surface area contributed by atoms with Crippen molar-refractivity contribution in [3.05, 3.63) is 117 Å². The monoisotopic (exact) mass is 581 g/mol. The molecule has 2 atom stereocenters. The highest BCUT2D eigenvalue weighted by molar-refractivity contribution is 6.30. The van der Waals surface area contributed by atoms with Crippen molar-refractivity contribution in [1.29, 1.82) is 0 Å². The second-order valence-corrected chi connectivity index (χ2v) is 12.9. The Labute approximate surface area is 256 Å². The maximum Gasteiger partial charge on any atom is 0.237 e. The summed E-state index contributed by atoms with van der Waals surface area (Å²) in [6.07, 6.45) is 12.2. The first-order chi connectivity index (χ1) is 20.6. The van der Waals surface area contributed by atoms with Gasteiger partial charge in [0.1, 0.15) is 0 Å². The van der Waals surface area contributed by atoms with E-state index < -0.39 is 0 Å². The number of fused-ring (bicyclic) bond motifs is 1. The second kappa shape index (κ2) is 14.0. The lowest BCUT2D eigenvalue weighted by molar-refractivity contribution is -0.124. The number of hydrogen-bond donors (Lipinski definition) is 2. The van der Waals surface area contributed by atoms with Crippen molar-refractivity contribution >= 4 is 17.5 Å². The first kappa shape index (κ1) is 29.2. The topological polar surface area (TPSA) is 44.4 Å². The summed E-state index contributed by atoms with van der Waals surface area (Å²) in [4.78, 5) is 16.1. The number of benzene rings is 3. The van der Waals surface area contributed by atoms with Gasteiger partial charge in [-0.2, -0.15) is 0 Å². The number of nitrogens with zero attached hydrogens (tertiary/aromatic N) is 1. The minimum absolute atomic E-state index is 0.0454. The average molecular weight is 582 g/mol. The van der Waals surface area contributed by atoms with Gasteiger partial charge in [-0.15, -0.1) is 0 Å². The Morgan fingerprint density at radius 1 is 0.952 bits per heavy atom. The van der Waals surface area contributed by atoms with Crippen LogP contribution in [0.15, 0.2) is 84.4 Å². The van der Waals surface area contributed by atoms with Gasteiger partial charge in [0.05, 0.1) is 6.04 Å². The molecule has 2 heterocycles. The molecule has 6 rings (SSSR count). The standard InChI is InChI=1S/C37H44ClN3O/c38-33-18-13-28(14-19-33)23-34(40-37(42)36-24-30-7-1-2-8-31(30)25-39-36)20-15-27-11-16-29(17-12-27)35-10-4-3-9-32(35)26-41-21-5-6-22-41/h1-4,7-10,13-15,18-19,29,34,36,39H,5-6,11-12,16-17,20-26H2,(H,40,42). The van der Waals surface area contributed by atoms with E-state index in [4.69, 9.17) is 11.6 Å². The molecule has 2 fully saturated rings. The Hall–Kier alpha value is -2.92. The molecule has 1 saturated carbocycles. The van der Waals surface area contributed by atoms with E-state index in [1.54, 1.807) is 11.1 Å². The summed E-state index contributed by atoms with van der Waals surface area (Å²) in [6.45, 7) is 4.32. The third kappa shape index (κ3) is 7.53. The Kier molecular flexibility index (Phi) is 9.75. The van der Waals surface area contributed by atoms with Crippen LogP contribution >= 0.6 is 11.6 Å². The molecule has 2 N–H and O–H groups in total. The van der Waals surface area contributed by atoms with Gasteiger partial charge in [-0.3, -0.25) is 9.69 Å². The van der Waals surface area contributed by atoms with E-state index in [-0.39, 0.29) is 18.0 Å². The summed E-state index contributed by atoms with van der Waals surface area (Å²) in [6, 6.07) is 25.5. The van der Waals surface area contributed by atoms with Crippen molar-refractivity contribution in [3.8, 4) is 0 Å². The molecular weight excluding hydrogens is 538 g/mol. The molecule has 2 unspecified atom stereocenters. The normalized spacial score (nSPS) is 21.5. The fourth-order valence-corrected chi connectivity index (χ4v) is 7.24. The molecule has 4 nitrogen and oxygen atoms in total. The maximum atomic E-state index is 13.5. The molecule has 5 heteroatoms. The van der Waals surface area contributed by atoms with Crippen LogP contribution in [0.5, 0.6) is 0 Å². The number of amides is 1. The Bertz CT molecular complexity index is 1370. The maximum absolute atomic E-state index is 13.5. The van der Waals surface area contributed by atoms with E-state index in [0.717, 1.165) is 50.2 Å². The number of likely N-dealkylation sites (tertiary alicyclic amines) is 1. The van der Waals surface area contributed by atoms with Crippen LogP contribution in [0.4, 0.5) is 0 Å². The molecular formula is C37H44ClN3O. The Morgan fingerprint density at radius 3 is 2.45 bits per heavy atom. The molecule has 1 saturated heterocycles. The molecule has 3 aliphatic rings. The third-order valence-electron chi connectivity index (χ3n) is 9.55. The lowest BCUT2D eigenvalue weighted by atomic mass is 9.79. The van der Waals surface area contributed by atoms with Crippen LogP contribution in [0.25, 0.3) is 0 Å². The zero-order valence-electron chi connectivity index (χ0n) is 24.7. The van der Waals surface area contributed by atoms with Crippen molar-refractivity contribution in [2.45, 2.75) is 88.9 Å². The highest BCUT2D eigenvalue weighted by Gasteiger charge is 2.26. The fourth-order valence-electron chi connectivity index (χ4n) is 7.11. The Balaban J connectivity index is 1.09. The lowest BCUT2D eigenvalue weighted by Gasteiger charge is -2.29. The van der Waals surface area contributed by atoms with Gasteiger partial charge in [-0.1, -0.05) is 83.9 Å². The SMILES string of the molecule is O=C(NC(CC=C1CCC(c2ccccc2CN2CCCC2)CC1)Cc1ccc(Cl)cc1)C1Cc2ccccc2CN1. The zero-order chi connectivity index (χ0) is 28.7. The summed E-state index contributed by atoms with van der Waals surface area (Å²) < 4.78 is 0. The highest BCUT2D eigenvalue weighted by atomic mass is 35.5. The van der Waals surface area contributed by atoms with E-state index in [2.05, 4.69) is 82.3 Å². The number of carbonyl (C=O) groups excluding carboxylic acids is 1. The van der Waals surface area contributed by atoms with Gasteiger partial charge >= 0.3 is 0 Å². The Morgan fingerprint density at radius 2 is 1.67 bits per heavy atom. The van der Waals surface area contributed by atoms with Crippen LogP contribution in [-0.2, 0) is 30.7 Å². The smallest absolute Gasteiger partial charge is 0.237 e. The molecule has 2 aliphatic heterocycles. The summed E-state index contributed by atoms with van der Waals surface area (Å²) in [5.41, 5.74) is 8.40. The van der Waals surface area contributed by atoms with Crippen LogP contribution in [0, 0.1) is 0 Å². The molecule has 220 valence electrons. The minimum Gasteiger partial charge on any atom is -0.351 e. The van der Waals surface area contributed by atoms with Crippen LogP contribution in [0.3, 0.4) is 0 Å². The van der Waals surface area contributed by atoms with Crippen molar-refractivity contribution in [2.75, 3.05) is 13.1 Å². The van der Waals surface area contributed by atoms with E-state index in [1.807, 2.05) is 12.1 Å². The van der Waals surface area contributed by atoms with E-state index in [0.29, 0.717) is 5.92 Å². The van der Waals surface area contributed by atoms with Crippen molar-refractivity contribution < 1.29 is 4.79 Å². The first-order valence-corrected chi connectivity index (χ1v) is 16.3. The molecule has 0 bridgehead atoms. The first-order valence-electron chi connectivity index (χ1n) is 15.9. The third-order valence-corrected chi connectivity index (χ3v) is 9.80. The predicted octanol–water partition coefficient (Wildman–Crippen LogP) is 7.35. The number of carbonyl (C=O) groups is 1. The predicted molar refractivity (Wildman–Crippen MR) is 173 cm³/mol. The van der Waals surface area contributed by atoms with Crippen LogP contribution in [0.1, 0.15) is 78.7 Å². The summed E-state index contributed by atoms with van der Waals surface area (Å²) >= 11 is 6.16. The van der Waals surface area contributed by atoms with Gasteiger partial charge < -0.3 is 10.6 Å². The number of halogens is 1. The van der Waals surface area contributed by atoms with E-state index >= 15 is 0 Å². The van der Waals surface area contributed by atoms with Crippen LogP contribution in [0.2, 0.25) is 5.02 Å². The average Bonchev–Trinajstić information content (AvgIpc) is 3.54. The minimum atomic E-state index is -0.198. The number of nitrogens with one attached hydrogen (secondary N) is 2. The second-order valence-electron chi connectivity index (χ2n) is 12.5. The number of hydrogen-bond acceptors (Lipinski definition) is 3. The van der Waals surface area contributed by atoms with E-state index in [9.17, 15) is 4.79 Å². The summed E-state index contributed by atoms with van der Waals surface area (Å²) in [5, 5.41) is 7.61. The van der Waals surface area contributed by atoms with E-state index in [1.165, 1.54) is 61.0 Å². The quantitative estimate of drug-likeness (QED) is 0.260. The van der Waals surface area contributed by atoms with Gasteiger partial charge in [0.25, 0.3) is 0 Å². The lowest BCUT2D eigenvalue weighted by Crippen LogP contribution is -2.50. The highest BCUT2D eigenvalue weighted by Crippen LogP contribution is 2.37. The molecule has 0 aromatic heterocycles. The van der Waals surface area contributed by atoms with Crippen molar-refractivity contribution in [1.82, 2.24) is 15.5 Å². The molecule has 42 heavy (non-hydrogen) atoms. The fraction of sp³-hybridized carbons (Fsp3) is 0.432. The molecule has 0 spiro atoms. The zero-order valence-corrected chi connectivity index (χ0v) is 25.4. The van der Waals surface area contributed by atoms with Gasteiger partial charge in [0.2, 0.25) is 5.91 Å². The molecule has 1 aliphatic carbocycles. The molecule has 0 radical (unpaired) electrons.